The molecule has 4 aromatic carbocycles. The molecule has 2 atom stereocenters. The average molecular weight is 591 g/mol. The molecule has 0 aliphatic carbocycles. The summed E-state index contributed by atoms with van der Waals surface area (Å²) in [4.78, 5) is 3.04. The Morgan fingerprint density at radius 2 is 0.784 bits per heavy atom. The predicted molar refractivity (Wildman–Crippen MR) is 162 cm³/mol. The second-order valence-corrected chi connectivity index (χ2v) is 26.6. The Hall–Kier alpha value is -1.85. The molecule has 0 heterocycles. The van der Waals surface area contributed by atoms with E-state index in [2.05, 4.69) is 0 Å². The zero-order valence-corrected chi connectivity index (χ0v) is 24.2. The number of hydrogen-bond donors (Lipinski definition) is 2. The van der Waals surface area contributed by atoms with E-state index in [0.717, 1.165) is 9.79 Å². The van der Waals surface area contributed by atoms with Crippen molar-refractivity contribution in [3.8, 4) is 0 Å². The summed E-state index contributed by atoms with van der Waals surface area (Å²) in [7, 11) is -6.88. The van der Waals surface area contributed by atoms with E-state index in [1.807, 2.05) is 121 Å². The molecule has 0 radical (unpaired) electrons. The maximum Gasteiger partial charge on any atom is 0.244 e. The van der Waals surface area contributed by atoms with Crippen molar-refractivity contribution in [3.63, 3.8) is 0 Å². The fourth-order valence-electron chi connectivity index (χ4n) is 3.87. The Labute approximate surface area is 228 Å². The second-order valence-electron chi connectivity index (χ2n) is 7.91. The average Bonchev–Trinajstić information content (AvgIpc) is 2.94. The molecule has 2 unspecified atom stereocenters. The molecular weight excluding hydrogens is 561 g/mol. The van der Waals surface area contributed by atoms with Crippen molar-refractivity contribution >= 4 is 45.7 Å². The molecule has 2 N–H and O–H groups in total. The van der Waals surface area contributed by atoms with Crippen LogP contribution >= 0.6 is 37.8 Å². The molecule has 0 amide bonds. The Morgan fingerprint density at radius 3 is 1.08 bits per heavy atom. The molecule has 4 nitrogen and oxygen atoms in total. The summed E-state index contributed by atoms with van der Waals surface area (Å²) in [5, 5.41) is 20.7. The van der Waals surface area contributed by atoms with Gasteiger partial charge in [-0.2, -0.15) is 0 Å². The van der Waals surface area contributed by atoms with Crippen molar-refractivity contribution < 1.29 is 18.6 Å². The maximum absolute atomic E-state index is 15.5. The van der Waals surface area contributed by atoms with Gasteiger partial charge in [0.25, 0.3) is 0 Å². The molecule has 0 saturated heterocycles. The van der Waals surface area contributed by atoms with Gasteiger partial charge >= 0.3 is 0 Å². The number of rotatable bonds is 12. The molecule has 0 aromatic heterocycles. The molecular formula is C28H30O4S5. The van der Waals surface area contributed by atoms with Gasteiger partial charge in [-0.05, 0) is 64.7 Å². The highest BCUT2D eigenvalue weighted by atomic mass is 33.9. The first-order valence-corrected chi connectivity index (χ1v) is 20.5. The third kappa shape index (κ3) is 5.78. The summed E-state index contributed by atoms with van der Waals surface area (Å²) in [6, 6.07) is 37.6. The van der Waals surface area contributed by atoms with Crippen LogP contribution < -0.4 is 0 Å². The van der Waals surface area contributed by atoms with Crippen LogP contribution in [0.1, 0.15) is 0 Å². The minimum atomic E-state index is -4.04. The smallest absolute Gasteiger partial charge is 0.244 e. The summed E-state index contributed by atoms with van der Waals surface area (Å²) >= 11 is 0. The van der Waals surface area contributed by atoms with Crippen molar-refractivity contribution in [2.75, 3.05) is 24.7 Å². The van der Waals surface area contributed by atoms with Gasteiger partial charge in [0, 0.05) is 31.1 Å². The minimum absolute atomic E-state index is 0.0846. The molecule has 4 aromatic rings. The van der Waals surface area contributed by atoms with Crippen molar-refractivity contribution in [2.45, 2.75) is 19.6 Å². The topological polar surface area (TPSA) is 74.6 Å². The van der Waals surface area contributed by atoms with Gasteiger partial charge in [0.2, 0.25) is 7.90 Å². The zero-order chi connectivity index (χ0) is 26.2. The summed E-state index contributed by atoms with van der Waals surface area (Å²) in [6.07, 6.45) is 0. The van der Waals surface area contributed by atoms with Crippen molar-refractivity contribution in [1.82, 2.24) is 0 Å². The number of benzene rings is 4. The van der Waals surface area contributed by atoms with Crippen LogP contribution in [0.3, 0.4) is 0 Å². The van der Waals surface area contributed by atoms with Crippen molar-refractivity contribution in [2.24, 2.45) is 0 Å². The molecule has 9 heteroatoms. The molecule has 0 saturated carbocycles. The van der Waals surface area contributed by atoms with Gasteiger partial charge < -0.3 is 10.2 Å². The van der Waals surface area contributed by atoms with E-state index in [9.17, 15) is 10.2 Å². The van der Waals surface area contributed by atoms with Gasteiger partial charge in [-0.25, -0.2) is 8.42 Å². The monoisotopic (exact) mass is 590 g/mol. The quantitative estimate of drug-likeness (QED) is 0.168. The standard InChI is InChI=1S/C28H30O4S5/c29-21-23-35(27-17-9-3-10-18-27,33-25-13-5-1-6-14-25)37(31,32)36(24-22-30,28-19-11-4-12-20-28)34-26-15-7-2-8-16-26/h1-20,29-30H,21-24H2. The van der Waals surface area contributed by atoms with Crippen LogP contribution in [0.2, 0.25) is 0 Å². The molecule has 0 aliphatic rings. The van der Waals surface area contributed by atoms with Crippen LogP contribution in [0.25, 0.3) is 0 Å². The number of aliphatic hydroxyl groups is 2. The lowest BCUT2D eigenvalue weighted by molar-refractivity contribution is 0.322. The van der Waals surface area contributed by atoms with Gasteiger partial charge in [-0.15, -0.1) is 0 Å². The summed E-state index contributed by atoms with van der Waals surface area (Å²) in [5.41, 5.74) is 0. The lowest BCUT2D eigenvalue weighted by Crippen LogP contribution is -2.24. The van der Waals surface area contributed by atoms with Crippen LogP contribution in [0.4, 0.5) is 0 Å². The van der Waals surface area contributed by atoms with Gasteiger partial charge in [-0.1, -0.05) is 94.4 Å². The predicted octanol–water partition coefficient (Wildman–Crippen LogP) is 7.36. The zero-order valence-electron chi connectivity index (χ0n) is 20.1. The molecule has 0 bridgehead atoms. The molecule has 4 rings (SSSR count). The van der Waals surface area contributed by atoms with E-state index in [4.69, 9.17) is 0 Å². The molecule has 196 valence electrons. The first kappa shape index (κ1) is 28.2. The molecule has 0 aliphatic heterocycles. The van der Waals surface area contributed by atoms with Gasteiger partial charge in [0.15, 0.2) is 0 Å². The van der Waals surface area contributed by atoms with Crippen molar-refractivity contribution in [1.29, 1.82) is 0 Å². The van der Waals surface area contributed by atoms with E-state index in [1.54, 1.807) is 0 Å². The highest BCUT2D eigenvalue weighted by Crippen LogP contribution is 2.87. The Balaban J connectivity index is 2.05. The molecule has 37 heavy (non-hydrogen) atoms. The van der Waals surface area contributed by atoms with E-state index in [1.165, 1.54) is 21.6 Å². The molecule has 0 fully saturated rings. The van der Waals surface area contributed by atoms with Crippen LogP contribution in [-0.2, 0) is 7.90 Å². The lowest BCUT2D eigenvalue weighted by atomic mass is 10.4. The van der Waals surface area contributed by atoms with Crippen LogP contribution in [0, 0.1) is 0 Å². The Morgan fingerprint density at radius 1 is 0.486 bits per heavy atom. The van der Waals surface area contributed by atoms with E-state index >= 15 is 8.42 Å². The SMILES string of the molecule is O=S(=O)(S(CCO)(Sc1ccccc1)c1ccccc1)S(CCO)(Sc1ccccc1)c1ccccc1. The van der Waals surface area contributed by atoms with Crippen LogP contribution in [-0.4, -0.2) is 43.4 Å². The first-order chi connectivity index (χ1) is 18.0. The largest absolute Gasteiger partial charge is 0.396 e. The van der Waals surface area contributed by atoms with Crippen LogP contribution in [0.15, 0.2) is 141 Å². The fraction of sp³-hybridized carbons (Fsp3) is 0.143. The third-order valence-electron chi connectivity index (χ3n) is 5.53. The van der Waals surface area contributed by atoms with Crippen LogP contribution in [0.5, 0.6) is 0 Å². The van der Waals surface area contributed by atoms with Gasteiger partial charge in [0.1, 0.15) is 0 Å². The second kappa shape index (κ2) is 12.8. The molecule has 0 spiro atoms. The van der Waals surface area contributed by atoms with Crippen molar-refractivity contribution in [3.05, 3.63) is 121 Å². The van der Waals surface area contributed by atoms with E-state index < -0.39 is 24.1 Å². The number of aliphatic hydroxyl groups excluding tert-OH is 2. The summed E-state index contributed by atoms with van der Waals surface area (Å²) in [6.45, 7) is -0.550. The van der Waals surface area contributed by atoms with E-state index in [-0.39, 0.29) is 24.7 Å². The normalized spacial score (nSPS) is 16.7. The van der Waals surface area contributed by atoms with E-state index in [0.29, 0.717) is 9.79 Å². The first-order valence-electron chi connectivity index (χ1n) is 11.7. The summed E-state index contributed by atoms with van der Waals surface area (Å²) in [5.74, 6) is 0.169. The highest BCUT2D eigenvalue weighted by Gasteiger charge is 2.53. The summed E-state index contributed by atoms with van der Waals surface area (Å²) < 4.78 is 30.9. The lowest BCUT2D eigenvalue weighted by Gasteiger charge is -2.48. The third-order valence-corrected chi connectivity index (χ3v) is 33.0. The van der Waals surface area contributed by atoms with Gasteiger partial charge in [0.05, 0.1) is 13.2 Å². The Bertz CT molecular complexity index is 1260. The fourth-order valence-corrected chi connectivity index (χ4v) is 35.3. The Kier molecular flexibility index (Phi) is 9.74. The van der Waals surface area contributed by atoms with Gasteiger partial charge in [-0.3, -0.25) is 0 Å². The minimum Gasteiger partial charge on any atom is -0.396 e. The number of hydrogen-bond acceptors (Lipinski definition) is 6. The maximum atomic E-state index is 15.5. The highest BCUT2D eigenvalue weighted by molar-refractivity contribution is 9.48.